The number of nitrogens with one attached hydrogen (secondary N) is 1. The molecule has 6 nitrogen and oxygen atoms in total. The van der Waals surface area contributed by atoms with Crippen LogP contribution in [-0.2, 0) is 0 Å². The van der Waals surface area contributed by atoms with Crippen LogP contribution in [0.4, 0.5) is 11.4 Å². The highest BCUT2D eigenvalue weighted by atomic mass is 79.9. The molecule has 96 valence electrons. The number of halogens is 1. The number of carbonyl (C=O) groups is 1. The highest BCUT2D eigenvalue weighted by molar-refractivity contribution is 9.10. The Morgan fingerprint density at radius 1 is 1.32 bits per heavy atom. The average Bonchev–Trinajstić information content (AvgIpc) is 2.39. The second-order valence-electron chi connectivity index (χ2n) is 3.62. The van der Waals surface area contributed by atoms with Crippen molar-refractivity contribution in [1.29, 1.82) is 0 Å². The molecule has 1 amide bonds. The molecule has 0 aliphatic carbocycles. The van der Waals surface area contributed by atoms with Gasteiger partial charge in [-0.1, -0.05) is 6.07 Å². The Balaban J connectivity index is 2.17. The maximum absolute atomic E-state index is 11.8. The van der Waals surface area contributed by atoms with Gasteiger partial charge in [0.15, 0.2) is 0 Å². The quantitative estimate of drug-likeness (QED) is 0.695. The van der Waals surface area contributed by atoms with Crippen LogP contribution in [0.5, 0.6) is 0 Å². The molecule has 0 unspecified atom stereocenters. The Bertz CT molecular complexity index is 628. The van der Waals surface area contributed by atoms with Crippen LogP contribution in [0.3, 0.4) is 0 Å². The molecule has 1 N–H and O–H groups in total. The Morgan fingerprint density at radius 3 is 2.74 bits per heavy atom. The normalized spacial score (nSPS) is 9.95. The van der Waals surface area contributed by atoms with Crippen LogP contribution in [0, 0.1) is 10.1 Å². The number of non-ortho nitro benzene ring substituents is 1. The SMILES string of the molecule is O=C(Nc1cccc([N+](=O)[O-])c1)c1ccc(Br)cn1. The molecule has 7 heteroatoms. The fraction of sp³-hybridized carbons (Fsp3) is 0. The molecule has 0 spiro atoms. The summed E-state index contributed by atoms with van der Waals surface area (Å²) in [7, 11) is 0. The monoisotopic (exact) mass is 321 g/mol. The number of nitro groups is 1. The van der Waals surface area contributed by atoms with Crippen molar-refractivity contribution in [1.82, 2.24) is 4.98 Å². The summed E-state index contributed by atoms with van der Waals surface area (Å²) < 4.78 is 0.763. The third kappa shape index (κ3) is 3.35. The van der Waals surface area contributed by atoms with Gasteiger partial charge in [-0.15, -0.1) is 0 Å². The van der Waals surface area contributed by atoms with Crippen molar-refractivity contribution in [2.24, 2.45) is 0 Å². The zero-order chi connectivity index (χ0) is 13.8. The summed E-state index contributed by atoms with van der Waals surface area (Å²) in [6.45, 7) is 0. The standard InChI is InChI=1S/C12H8BrN3O3/c13-8-4-5-11(14-7-8)12(17)15-9-2-1-3-10(6-9)16(18)19/h1-7H,(H,15,17). The van der Waals surface area contributed by atoms with E-state index in [-0.39, 0.29) is 11.4 Å². The molecular formula is C12H8BrN3O3. The van der Waals surface area contributed by atoms with Gasteiger partial charge in [-0.25, -0.2) is 4.98 Å². The van der Waals surface area contributed by atoms with Gasteiger partial charge in [0.2, 0.25) is 0 Å². The number of hydrogen-bond acceptors (Lipinski definition) is 4. The van der Waals surface area contributed by atoms with Crippen LogP contribution < -0.4 is 5.32 Å². The van der Waals surface area contributed by atoms with E-state index in [1.54, 1.807) is 18.2 Å². The third-order valence-corrected chi connectivity index (χ3v) is 2.74. The summed E-state index contributed by atoms with van der Waals surface area (Å²) >= 11 is 3.22. The summed E-state index contributed by atoms with van der Waals surface area (Å²) in [6.07, 6.45) is 1.50. The Labute approximate surface area is 116 Å². The van der Waals surface area contributed by atoms with Crippen LogP contribution in [-0.4, -0.2) is 15.8 Å². The van der Waals surface area contributed by atoms with Gasteiger partial charge < -0.3 is 5.32 Å². The Morgan fingerprint density at radius 2 is 2.11 bits per heavy atom. The number of aromatic nitrogens is 1. The highest BCUT2D eigenvalue weighted by Crippen LogP contribution is 2.17. The first-order chi connectivity index (χ1) is 9.06. The first kappa shape index (κ1) is 13.2. The average molecular weight is 322 g/mol. The molecule has 0 bridgehead atoms. The van der Waals surface area contributed by atoms with Gasteiger partial charge in [0.05, 0.1) is 4.92 Å². The number of nitrogens with zero attached hydrogens (tertiary/aromatic N) is 2. The predicted molar refractivity (Wildman–Crippen MR) is 73.0 cm³/mol. The van der Waals surface area contributed by atoms with Crippen LogP contribution in [0.15, 0.2) is 47.1 Å². The van der Waals surface area contributed by atoms with Gasteiger partial charge in [-0.3, -0.25) is 14.9 Å². The van der Waals surface area contributed by atoms with Gasteiger partial charge in [0.1, 0.15) is 5.69 Å². The molecular weight excluding hydrogens is 314 g/mol. The first-order valence-electron chi connectivity index (χ1n) is 5.23. The lowest BCUT2D eigenvalue weighted by Crippen LogP contribution is -2.13. The van der Waals surface area contributed by atoms with Crippen molar-refractivity contribution >= 4 is 33.2 Å². The lowest BCUT2D eigenvalue weighted by Gasteiger charge is -2.04. The fourth-order valence-electron chi connectivity index (χ4n) is 1.40. The molecule has 1 heterocycles. The maximum Gasteiger partial charge on any atom is 0.274 e. The molecule has 0 saturated heterocycles. The minimum atomic E-state index is -0.520. The minimum absolute atomic E-state index is 0.0819. The molecule has 2 aromatic rings. The summed E-state index contributed by atoms with van der Waals surface area (Å²) in [5.41, 5.74) is 0.500. The van der Waals surface area contributed by atoms with E-state index in [9.17, 15) is 14.9 Å². The van der Waals surface area contributed by atoms with Crippen molar-refractivity contribution < 1.29 is 9.72 Å². The number of pyridine rings is 1. The Kier molecular flexibility index (Phi) is 3.86. The van der Waals surface area contributed by atoms with E-state index in [2.05, 4.69) is 26.2 Å². The Hall–Kier alpha value is -2.28. The van der Waals surface area contributed by atoms with E-state index < -0.39 is 10.8 Å². The van der Waals surface area contributed by atoms with Gasteiger partial charge in [0, 0.05) is 28.5 Å². The van der Waals surface area contributed by atoms with Crippen LogP contribution in [0.2, 0.25) is 0 Å². The van der Waals surface area contributed by atoms with Gasteiger partial charge in [-0.05, 0) is 34.1 Å². The largest absolute Gasteiger partial charge is 0.320 e. The molecule has 1 aromatic carbocycles. The van der Waals surface area contributed by atoms with Crippen LogP contribution in [0.1, 0.15) is 10.5 Å². The number of benzene rings is 1. The molecule has 0 saturated carbocycles. The number of amides is 1. The highest BCUT2D eigenvalue weighted by Gasteiger charge is 2.10. The minimum Gasteiger partial charge on any atom is -0.320 e. The number of hydrogen-bond donors (Lipinski definition) is 1. The van der Waals surface area contributed by atoms with E-state index in [0.717, 1.165) is 4.47 Å². The van der Waals surface area contributed by atoms with Crippen molar-refractivity contribution in [2.75, 3.05) is 5.32 Å². The second kappa shape index (κ2) is 5.57. The third-order valence-electron chi connectivity index (χ3n) is 2.27. The van der Waals surface area contributed by atoms with Gasteiger partial charge in [-0.2, -0.15) is 0 Å². The van der Waals surface area contributed by atoms with Crippen molar-refractivity contribution in [3.8, 4) is 0 Å². The van der Waals surface area contributed by atoms with Gasteiger partial charge in [0.25, 0.3) is 11.6 Å². The van der Waals surface area contributed by atoms with Crippen LogP contribution in [0.25, 0.3) is 0 Å². The number of rotatable bonds is 3. The maximum atomic E-state index is 11.8. The molecule has 0 aliphatic heterocycles. The zero-order valence-electron chi connectivity index (χ0n) is 9.54. The van der Waals surface area contributed by atoms with Crippen molar-refractivity contribution in [3.63, 3.8) is 0 Å². The molecule has 19 heavy (non-hydrogen) atoms. The fourth-order valence-corrected chi connectivity index (χ4v) is 1.64. The second-order valence-corrected chi connectivity index (χ2v) is 4.54. The predicted octanol–water partition coefficient (Wildman–Crippen LogP) is 3.00. The molecule has 2 rings (SSSR count). The van der Waals surface area contributed by atoms with Crippen molar-refractivity contribution in [2.45, 2.75) is 0 Å². The van der Waals surface area contributed by atoms with E-state index in [0.29, 0.717) is 5.69 Å². The summed E-state index contributed by atoms with van der Waals surface area (Å²) in [6, 6.07) is 8.96. The first-order valence-corrected chi connectivity index (χ1v) is 6.03. The molecule has 1 aromatic heterocycles. The lowest BCUT2D eigenvalue weighted by atomic mass is 10.2. The molecule has 0 fully saturated rings. The lowest BCUT2D eigenvalue weighted by molar-refractivity contribution is -0.384. The van der Waals surface area contributed by atoms with E-state index in [1.807, 2.05) is 0 Å². The number of nitro benzene ring substituents is 1. The van der Waals surface area contributed by atoms with E-state index in [1.165, 1.54) is 24.4 Å². The molecule has 0 radical (unpaired) electrons. The summed E-state index contributed by atoms with van der Waals surface area (Å²) in [5, 5.41) is 13.2. The van der Waals surface area contributed by atoms with E-state index >= 15 is 0 Å². The summed E-state index contributed by atoms with van der Waals surface area (Å²) in [4.78, 5) is 25.9. The summed E-state index contributed by atoms with van der Waals surface area (Å²) in [5.74, 6) is -0.423. The topological polar surface area (TPSA) is 85.1 Å². The smallest absolute Gasteiger partial charge is 0.274 e. The molecule has 0 aliphatic rings. The van der Waals surface area contributed by atoms with Crippen LogP contribution >= 0.6 is 15.9 Å². The number of anilines is 1. The van der Waals surface area contributed by atoms with E-state index in [4.69, 9.17) is 0 Å². The van der Waals surface area contributed by atoms with Crippen molar-refractivity contribution in [3.05, 3.63) is 62.9 Å². The number of carbonyl (C=O) groups excluding carboxylic acids is 1. The van der Waals surface area contributed by atoms with Gasteiger partial charge >= 0.3 is 0 Å². The molecule has 0 atom stereocenters. The zero-order valence-corrected chi connectivity index (χ0v) is 11.1.